The van der Waals surface area contributed by atoms with Gasteiger partial charge in [0.1, 0.15) is 5.75 Å². The van der Waals surface area contributed by atoms with Crippen LogP contribution in [0.15, 0.2) is 42.5 Å². The lowest BCUT2D eigenvalue weighted by molar-refractivity contribution is -0.165. The number of nitrogens with one attached hydrogen (secondary N) is 2. The van der Waals surface area contributed by atoms with Gasteiger partial charge in [0.15, 0.2) is 12.2 Å². The van der Waals surface area contributed by atoms with Crippen molar-refractivity contribution in [1.82, 2.24) is 10.6 Å². The van der Waals surface area contributed by atoms with Gasteiger partial charge in [0.2, 0.25) is 0 Å². The number of ether oxygens (including phenoxy) is 1. The average Bonchev–Trinajstić information content (AvgIpc) is 3.09. The third kappa shape index (κ3) is 9.28. The van der Waals surface area contributed by atoms with Crippen LogP contribution in [0.25, 0.3) is 0 Å². The van der Waals surface area contributed by atoms with E-state index in [-0.39, 0.29) is 6.17 Å². The van der Waals surface area contributed by atoms with E-state index in [0.29, 0.717) is 6.10 Å². The second-order valence-corrected chi connectivity index (χ2v) is 9.78. The van der Waals surface area contributed by atoms with Crippen molar-refractivity contribution in [1.29, 1.82) is 0 Å². The first-order chi connectivity index (χ1) is 17.7. The zero-order chi connectivity index (χ0) is 26.8. The molecule has 202 valence electrons. The molecule has 1 aliphatic heterocycles. The van der Waals surface area contributed by atoms with Crippen molar-refractivity contribution in [3.8, 4) is 5.75 Å². The smallest absolute Gasteiger partial charge is 0.335 e. The summed E-state index contributed by atoms with van der Waals surface area (Å²) < 4.78 is 6.13. The minimum atomic E-state index is -2.27. The number of benzene rings is 2. The fourth-order valence-corrected chi connectivity index (χ4v) is 4.61. The average molecular weight is 535 g/mol. The second-order valence-electron chi connectivity index (χ2n) is 9.34. The highest BCUT2D eigenvalue weighted by Gasteiger charge is 2.29. The molecule has 9 nitrogen and oxygen atoms in total. The maximum Gasteiger partial charge on any atom is 0.335 e. The largest absolute Gasteiger partial charge is 0.490 e. The molecule has 3 atom stereocenters. The maximum atomic E-state index is 9.77. The monoisotopic (exact) mass is 534 g/mol. The van der Waals surface area contributed by atoms with Crippen molar-refractivity contribution < 1.29 is 34.8 Å². The van der Waals surface area contributed by atoms with Gasteiger partial charge in [-0.15, -0.1) is 0 Å². The Morgan fingerprint density at radius 1 is 0.973 bits per heavy atom. The highest BCUT2D eigenvalue weighted by molar-refractivity contribution is 6.30. The van der Waals surface area contributed by atoms with Gasteiger partial charge in [-0.3, -0.25) is 5.32 Å². The van der Waals surface area contributed by atoms with Crippen LogP contribution in [0.4, 0.5) is 0 Å². The molecule has 1 heterocycles. The molecule has 2 aliphatic rings. The standard InChI is InChI=1S/C23H29ClN2O.C4H6O6/c24-20-9-8-18-12-13-25-23(15-19(18)14-20)26-16-17-6-10-22(11-7-17)27-21-4-2-1-3-5-21;5-1(3(7)8)2(6)4(9)10/h6-11,14,21,23,25-26H,1-5,12-13,15-16H2;1-2,5-6H,(H,7,8)(H,9,10)/t;1-,2-/m.1/s1. The van der Waals surface area contributed by atoms with Crippen molar-refractivity contribution in [2.45, 2.75) is 76.0 Å². The van der Waals surface area contributed by atoms with E-state index in [9.17, 15) is 9.59 Å². The molecule has 1 unspecified atom stereocenters. The number of hydrogen-bond donors (Lipinski definition) is 6. The Bertz CT molecular complexity index is 1010. The maximum absolute atomic E-state index is 9.77. The minimum absolute atomic E-state index is 0.267. The summed E-state index contributed by atoms with van der Waals surface area (Å²) in [5.41, 5.74) is 4.03. The van der Waals surface area contributed by atoms with E-state index < -0.39 is 24.1 Å². The number of aliphatic hydroxyl groups excluding tert-OH is 2. The third-order valence-corrected chi connectivity index (χ3v) is 6.75. The molecule has 1 aliphatic carbocycles. The molecule has 0 aromatic heterocycles. The quantitative estimate of drug-likeness (QED) is 0.300. The normalized spacial score (nSPS) is 19.4. The fraction of sp³-hybridized carbons (Fsp3) is 0.481. The Kier molecular flexibility index (Phi) is 11.2. The van der Waals surface area contributed by atoms with Crippen LogP contribution in [0.3, 0.4) is 0 Å². The minimum Gasteiger partial charge on any atom is -0.490 e. The second kappa shape index (κ2) is 14.3. The van der Waals surface area contributed by atoms with Crippen molar-refractivity contribution in [3.05, 3.63) is 64.2 Å². The summed E-state index contributed by atoms with van der Waals surface area (Å²) >= 11 is 6.18. The first-order valence-corrected chi connectivity index (χ1v) is 12.9. The topological polar surface area (TPSA) is 148 Å². The zero-order valence-electron chi connectivity index (χ0n) is 20.6. The number of halogens is 1. The van der Waals surface area contributed by atoms with E-state index in [0.717, 1.165) is 36.7 Å². The molecular weight excluding hydrogens is 500 g/mol. The van der Waals surface area contributed by atoms with Gasteiger partial charge in [-0.1, -0.05) is 36.2 Å². The molecule has 4 rings (SSSR count). The highest BCUT2D eigenvalue weighted by Crippen LogP contribution is 2.24. The van der Waals surface area contributed by atoms with Gasteiger partial charge >= 0.3 is 11.9 Å². The zero-order valence-corrected chi connectivity index (χ0v) is 21.4. The van der Waals surface area contributed by atoms with E-state index in [4.69, 9.17) is 36.8 Å². The van der Waals surface area contributed by atoms with E-state index >= 15 is 0 Å². The van der Waals surface area contributed by atoms with Gasteiger partial charge in [-0.05, 0) is 73.1 Å². The third-order valence-electron chi connectivity index (χ3n) is 6.51. The first-order valence-electron chi connectivity index (χ1n) is 12.5. The van der Waals surface area contributed by atoms with Gasteiger partial charge < -0.3 is 30.5 Å². The molecule has 2 aromatic carbocycles. The predicted octanol–water partition coefficient (Wildman–Crippen LogP) is 2.73. The summed E-state index contributed by atoms with van der Waals surface area (Å²) in [5, 5.41) is 40.6. The summed E-state index contributed by atoms with van der Waals surface area (Å²) in [6.45, 7) is 1.83. The Labute approximate surface area is 221 Å². The summed E-state index contributed by atoms with van der Waals surface area (Å²) in [6.07, 6.45) is 4.50. The Balaban J connectivity index is 0.000000325. The molecule has 0 radical (unpaired) electrons. The molecule has 37 heavy (non-hydrogen) atoms. The molecule has 0 spiro atoms. The molecule has 0 amide bonds. The molecule has 6 N–H and O–H groups in total. The Hall–Kier alpha value is -2.69. The molecule has 0 saturated heterocycles. The number of carboxylic acids is 2. The summed E-state index contributed by atoms with van der Waals surface area (Å²) in [4.78, 5) is 19.5. The van der Waals surface area contributed by atoms with Crippen LogP contribution in [0.5, 0.6) is 5.75 Å². The van der Waals surface area contributed by atoms with Crippen molar-refractivity contribution in [2.24, 2.45) is 0 Å². The predicted molar refractivity (Wildman–Crippen MR) is 139 cm³/mol. The molecular formula is C27H35ClN2O7. The van der Waals surface area contributed by atoms with Crippen molar-refractivity contribution >= 4 is 23.5 Å². The lowest BCUT2D eigenvalue weighted by Gasteiger charge is -2.23. The number of hydrogen-bond acceptors (Lipinski definition) is 7. The van der Waals surface area contributed by atoms with Crippen molar-refractivity contribution in [2.75, 3.05) is 6.54 Å². The number of carboxylic acid groups (broad SMARTS) is 2. The lowest BCUT2D eigenvalue weighted by Crippen LogP contribution is -2.43. The fourth-order valence-electron chi connectivity index (χ4n) is 4.42. The van der Waals surface area contributed by atoms with Gasteiger partial charge in [0.25, 0.3) is 0 Å². The van der Waals surface area contributed by atoms with Crippen LogP contribution in [0.2, 0.25) is 5.02 Å². The molecule has 2 aromatic rings. The number of aliphatic hydroxyl groups is 2. The van der Waals surface area contributed by atoms with Crippen LogP contribution in [-0.2, 0) is 29.0 Å². The van der Waals surface area contributed by atoms with Gasteiger partial charge in [0, 0.05) is 24.5 Å². The number of fused-ring (bicyclic) bond motifs is 1. The van der Waals surface area contributed by atoms with Crippen LogP contribution in [-0.4, -0.2) is 63.4 Å². The number of rotatable bonds is 8. The van der Waals surface area contributed by atoms with Crippen LogP contribution in [0, 0.1) is 0 Å². The van der Waals surface area contributed by atoms with Crippen LogP contribution in [0.1, 0.15) is 48.8 Å². The molecule has 1 saturated carbocycles. The molecule has 1 fully saturated rings. The Morgan fingerprint density at radius 2 is 1.62 bits per heavy atom. The summed E-state index contributed by atoms with van der Waals surface area (Å²) in [7, 11) is 0. The molecule has 10 heteroatoms. The van der Waals surface area contributed by atoms with Gasteiger partial charge in [-0.25, -0.2) is 9.59 Å². The summed E-state index contributed by atoms with van der Waals surface area (Å²) in [6, 6.07) is 14.8. The number of carbonyl (C=O) groups is 2. The van der Waals surface area contributed by atoms with E-state index in [1.54, 1.807) is 0 Å². The van der Waals surface area contributed by atoms with Crippen molar-refractivity contribution in [3.63, 3.8) is 0 Å². The highest BCUT2D eigenvalue weighted by atomic mass is 35.5. The first kappa shape index (κ1) is 28.9. The van der Waals surface area contributed by atoms with Gasteiger partial charge in [0.05, 0.1) is 12.3 Å². The van der Waals surface area contributed by atoms with Crippen LogP contribution >= 0.6 is 11.6 Å². The summed E-state index contributed by atoms with van der Waals surface area (Å²) in [5.74, 6) is -2.54. The number of aliphatic carboxylic acids is 2. The lowest BCUT2D eigenvalue weighted by atomic mass is 9.98. The Morgan fingerprint density at radius 3 is 2.24 bits per heavy atom. The van der Waals surface area contributed by atoms with E-state index in [2.05, 4.69) is 47.0 Å². The van der Waals surface area contributed by atoms with Crippen LogP contribution < -0.4 is 15.4 Å². The van der Waals surface area contributed by atoms with E-state index in [1.165, 1.54) is 48.8 Å². The van der Waals surface area contributed by atoms with E-state index in [1.807, 2.05) is 6.07 Å². The molecule has 0 bridgehead atoms. The SMILES string of the molecule is Clc1ccc2c(c1)CC(NCc1ccc(OC3CCCCC3)cc1)NCC2.O=C(O)[C@H](O)[C@@H](O)C(=O)O. The van der Waals surface area contributed by atoms with Gasteiger partial charge in [-0.2, -0.15) is 0 Å².